The number of aliphatic imine (C=N–C) groups is 1. The summed E-state index contributed by atoms with van der Waals surface area (Å²) in [4.78, 5) is 5.72. The minimum absolute atomic E-state index is 0. The molecule has 4 aromatic rings. The Hall–Kier alpha value is -2.68. The van der Waals surface area contributed by atoms with E-state index in [4.69, 9.17) is 4.74 Å². The van der Waals surface area contributed by atoms with Crippen LogP contribution in [-0.2, 0) is 16.8 Å². The molecule has 2 N–H and O–H groups in total. The van der Waals surface area contributed by atoms with Crippen LogP contribution < -0.4 is 34.6 Å². The summed E-state index contributed by atoms with van der Waals surface area (Å²) in [5, 5.41) is 8.89. The van der Waals surface area contributed by atoms with Gasteiger partial charge in [0.05, 0.1) is 6.61 Å². The predicted octanol–water partition coefficient (Wildman–Crippen LogP) is 2.47. The molecule has 0 bridgehead atoms. The molecule has 1 aromatic heterocycles. The molecular weight excluding hydrogens is 565 g/mol. The molecule has 0 saturated heterocycles. The molecule has 0 aliphatic rings. The third kappa shape index (κ3) is 6.93. The first-order chi connectivity index (χ1) is 16.8. The van der Waals surface area contributed by atoms with Crippen molar-refractivity contribution in [3.05, 3.63) is 130 Å². The van der Waals surface area contributed by atoms with Gasteiger partial charge in [0.1, 0.15) is 5.60 Å². The van der Waals surface area contributed by atoms with E-state index in [0.717, 1.165) is 35.6 Å². The highest BCUT2D eigenvalue weighted by Crippen LogP contribution is 2.40. The smallest absolute Gasteiger partial charge is 0.191 e. The van der Waals surface area contributed by atoms with Gasteiger partial charge in [0.25, 0.3) is 0 Å². The Kier molecular flexibility index (Phi) is 10.8. The van der Waals surface area contributed by atoms with Crippen molar-refractivity contribution in [1.82, 2.24) is 10.6 Å². The number of guanidine groups is 1. The molecule has 4 nitrogen and oxygen atoms in total. The first-order valence-electron chi connectivity index (χ1n) is 11.6. The maximum atomic E-state index is 6.80. The Morgan fingerprint density at radius 2 is 1.26 bits per heavy atom. The molecule has 4 rings (SSSR count). The van der Waals surface area contributed by atoms with Gasteiger partial charge in [0.15, 0.2) is 5.96 Å². The molecule has 0 atom stereocenters. The molecule has 0 unspecified atom stereocenters. The van der Waals surface area contributed by atoms with Crippen LogP contribution in [0.5, 0.6) is 0 Å². The lowest BCUT2D eigenvalue weighted by Gasteiger charge is -2.36. The summed E-state index contributed by atoms with van der Waals surface area (Å²) >= 11 is 1.78. The molecule has 0 fully saturated rings. The molecule has 0 aliphatic heterocycles. The van der Waals surface area contributed by atoms with E-state index in [1.54, 1.807) is 18.4 Å². The molecule has 0 amide bonds. The molecule has 0 aliphatic carbocycles. The zero-order valence-corrected chi connectivity index (χ0v) is 22.8. The van der Waals surface area contributed by atoms with E-state index >= 15 is 0 Å². The van der Waals surface area contributed by atoms with E-state index in [2.05, 4.69) is 106 Å². The summed E-state index contributed by atoms with van der Waals surface area (Å²) in [6.07, 6.45) is 0.980. The van der Waals surface area contributed by atoms with Crippen molar-refractivity contribution in [2.24, 2.45) is 4.99 Å². The molecule has 3 aromatic carbocycles. The average Bonchev–Trinajstić information content (AvgIpc) is 3.43. The van der Waals surface area contributed by atoms with Crippen LogP contribution in [0.4, 0.5) is 0 Å². The molecule has 1 heterocycles. The van der Waals surface area contributed by atoms with Crippen LogP contribution in [0.15, 0.2) is 114 Å². The lowest BCUT2D eigenvalue weighted by Crippen LogP contribution is -3.00. The Balaban J connectivity index is 0.00000342. The second kappa shape index (κ2) is 14.0. The van der Waals surface area contributed by atoms with Crippen molar-refractivity contribution in [3.8, 4) is 0 Å². The van der Waals surface area contributed by atoms with Crippen LogP contribution in [-0.4, -0.2) is 32.7 Å². The van der Waals surface area contributed by atoms with E-state index in [1.807, 2.05) is 18.2 Å². The molecular formula is C29H31IN3OS-. The Labute approximate surface area is 229 Å². The molecule has 0 spiro atoms. The van der Waals surface area contributed by atoms with Gasteiger partial charge in [-0.15, -0.1) is 11.3 Å². The number of benzene rings is 3. The average molecular weight is 597 g/mol. The van der Waals surface area contributed by atoms with E-state index in [0.29, 0.717) is 13.2 Å². The second-order valence-corrected chi connectivity index (χ2v) is 8.92. The highest BCUT2D eigenvalue weighted by atomic mass is 127. The minimum Gasteiger partial charge on any atom is -1.00 e. The number of hydrogen-bond donors (Lipinski definition) is 2. The fourth-order valence-electron chi connectivity index (χ4n) is 4.12. The largest absolute Gasteiger partial charge is 1.00 e. The second-order valence-electron chi connectivity index (χ2n) is 7.88. The van der Waals surface area contributed by atoms with Gasteiger partial charge in [-0.1, -0.05) is 97.1 Å². The summed E-state index contributed by atoms with van der Waals surface area (Å²) in [6.45, 7) is 1.97. The fraction of sp³-hybridized carbons (Fsp3) is 0.207. The van der Waals surface area contributed by atoms with Gasteiger partial charge < -0.3 is 39.3 Å². The van der Waals surface area contributed by atoms with Gasteiger partial charge in [-0.05, 0) is 34.6 Å². The fourth-order valence-corrected chi connectivity index (χ4v) is 4.83. The molecule has 182 valence electrons. The minimum atomic E-state index is -0.707. The van der Waals surface area contributed by atoms with Crippen LogP contribution in [0.2, 0.25) is 0 Å². The Morgan fingerprint density at radius 3 is 1.71 bits per heavy atom. The van der Waals surface area contributed by atoms with Gasteiger partial charge >= 0.3 is 0 Å². The molecule has 0 saturated carbocycles. The normalized spacial score (nSPS) is 11.5. The number of hydrogen-bond acceptors (Lipinski definition) is 3. The standard InChI is InChI=1S/C29H31N3OS.HI/c1-30-28(31-20-19-27-18-11-23-34-27)32-21-22-33-29(24-12-5-2-6-13-24,25-14-7-3-8-15-25)26-16-9-4-10-17-26;/h2-18,23H,19-22H2,1H3,(H2,30,31,32);1H/p-1. The third-order valence-electron chi connectivity index (χ3n) is 5.72. The van der Waals surface area contributed by atoms with Gasteiger partial charge in [-0.3, -0.25) is 4.99 Å². The molecule has 35 heavy (non-hydrogen) atoms. The maximum Gasteiger partial charge on any atom is 0.191 e. The quantitative estimate of drug-likeness (QED) is 0.0973. The van der Waals surface area contributed by atoms with Crippen LogP contribution in [0.3, 0.4) is 0 Å². The van der Waals surface area contributed by atoms with Crippen molar-refractivity contribution < 1.29 is 28.7 Å². The monoisotopic (exact) mass is 596 g/mol. The van der Waals surface area contributed by atoms with Crippen molar-refractivity contribution >= 4 is 17.3 Å². The van der Waals surface area contributed by atoms with Crippen LogP contribution in [0.25, 0.3) is 0 Å². The highest BCUT2D eigenvalue weighted by Gasteiger charge is 2.37. The lowest BCUT2D eigenvalue weighted by atomic mass is 9.80. The number of ether oxygens (including phenoxy) is 1. The zero-order valence-electron chi connectivity index (χ0n) is 19.9. The first-order valence-corrected chi connectivity index (χ1v) is 12.5. The number of nitrogens with one attached hydrogen (secondary N) is 2. The Bertz CT molecular complexity index is 1040. The summed E-state index contributed by atoms with van der Waals surface area (Å²) in [6, 6.07) is 35.6. The summed E-state index contributed by atoms with van der Waals surface area (Å²) < 4.78 is 6.80. The summed E-state index contributed by atoms with van der Waals surface area (Å²) in [5.74, 6) is 0.782. The number of nitrogens with zero attached hydrogens (tertiary/aromatic N) is 1. The van der Waals surface area contributed by atoms with Crippen molar-refractivity contribution in [3.63, 3.8) is 0 Å². The SMILES string of the molecule is CN=C(NCCOC(c1ccccc1)(c1ccccc1)c1ccccc1)NCCc1cccs1.[I-]. The molecule has 0 radical (unpaired) electrons. The van der Waals surface area contributed by atoms with E-state index < -0.39 is 5.60 Å². The number of thiophene rings is 1. The van der Waals surface area contributed by atoms with E-state index in [-0.39, 0.29) is 24.0 Å². The van der Waals surface area contributed by atoms with Crippen molar-refractivity contribution in [1.29, 1.82) is 0 Å². The van der Waals surface area contributed by atoms with Gasteiger partial charge in [-0.25, -0.2) is 0 Å². The summed E-state index contributed by atoms with van der Waals surface area (Å²) in [5.41, 5.74) is 2.60. The van der Waals surface area contributed by atoms with Crippen LogP contribution >= 0.6 is 11.3 Å². The first kappa shape index (κ1) is 26.9. The topological polar surface area (TPSA) is 45.7 Å². The zero-order chi connectivity index (χ0) is 23.5. The predicted molar refractivity (Wildman–Crippen MR) is 143 cm³/mol. The van der Waals surface area contributed by atoms with E-state index in [9.17, 15) is 0 Å². The van der Waals surface area contributed by atoms with Crippen LogP contribution in [0.1, 0.15) is 21.6 Å². The lowest BCUT2D eigenvalue weighted by molar-refractivity contribution is -0.0000122. The Morgan fingerprint density at radius 1 is 0.743 bits per heavy atom. The van der Waals surface area contributed by atoms with Gasteiger partial charge in [-0.2, -0.15) is 0 Å². The molecule has 6 heteroatoms. The highest BCUT2D eigenvalue weighted by molar-refractivity contribution is 7.09. The van der Waals surface area contributed by atoms with Crippen molar-refractivity contribution in [2.45, 2.75) is 12.0 Å². The number of halogens is 1. The maximum absolute atomic E-state index is 6.80. The van der Waals surface area contributed by atoms with Gasteiger partial charge in [0.2, 0.25) is 0 Å². The van der Waals surface area contributed by atoms with E-state index in [1.165, 1.54) is 4.88 Å². The summed E-state index contributed by atoms with van der Waals surface area (Å²) in [7, 11) is 1.80. The third-order valence-corrected chi connectivity index (χ3v) is 6.66. The van der Waals surface area contributed by atoms with Gasteiger partial charge in [0, 0.05) is 25.0 Å². The van der Waals surface area contributed by atoms with Crippen molar-refractivity contribution in [2.75, 3.05) is 26.7 Å². The number of rotatable bonds is 10. The van der Waals surface area contributed by atoms with Crippen LogP contribution in [0, 0.1) is 0 Å².